The van der Waals surface area contributed by atoms with Gasteiger partial charge in [-0.15, -0.1) is 0 Å². The lowest BCUT2D eigenvalue weighted by atomic mass is 10.2. The lowest BCUT2D eigenvalue weighted by molar-refractivity contribution is -0.144. The van der Waals surface area contributed by atoms with Gasteiger partial charge in [0.05, 0.1) is 17.4 Å². The highest BCUT2D eigenvalue weighted by Crippen LogP contribution is 2.28. The molecule has 0 radical (unpaired) electrons. The molecule has 3 aromatic rings. The number of benzene rings is 2. The van der Waals surface area contributed by atoms with Gasteiger partial charge in [-0.25, -0.2) is 9.97 Å². The molecule has 0 N–H and O–H groups in total. The highest BCUT2D eigenvalue weighted by molar-refractivity contribution is 8.00. The molecule has 1 aromatic heterocycles. The van der Waals surface area contributed by atoms with E-state index in [2.05, 4.69) is 9.97 Å². The van der Waals surface area contributed by atoms with Gasteiger partial charge in [-0.2, -0.15) is 0 Å². The number of esters is 1. The van der Waals surface area contributed by atoms with Crippen molar-refractivity contribution in [3.05, 3.63) is 54.6 Å². The molecule has 0 aliphatic rings. The number of ether oxygens (including phenoxy) is 1. The molecule has 0 atom stereocenters. The summed E-state index contributed by atoms with van der Waals surface area (Å²) < 4.78 is 5.20. The molecule has 0 bridgehead atoms. The molecule has 4 nitrogen and oxygen atoms in total. The first kappa shape index (κ1) is 16.5. The van der Waals surface area contributed by atoms with Crippen LogP contribution in [0.5, 0.6) is 0 Å². The molecule has 24 heavy (non-hydrogen) atoms. The van der Waals surface area contributed by atoms with Crippen molar-refractivity contribution in [1.82, 2.24) is 9.97 Å². The highest BCUT2D eigenvalue weighted by Gasteiger charge is 2.12. The van der Waals surface area contributed by atoms with Crippen LogP contribution >= 0.6 is 11.8 Å². The second-order valence-corrected chi connectivity index (χ2v) is 6.53. The Balaban J connectivity index is 1.95. The quantitative estimate of drug-likeness (QED) is 0.393. The van der Waals surface area contributed by atoms with E-state index in [4.69, 9.17) is 4.74 Å². The topological polar surface area (TPSA) is 52.1 Å². The van der Waals surface area contributed by atoms with E-state index >= 15 is 0 Å². The molecular formula is C19H18N2O2S. The Bertz CT molecular complexity index is 850. The van der Waals surface area contributed by atoms with Gasteiger partial charge in [-0.3, -0.25) is 4.79 Å². The molecular weight excluding hydrogens is 320 g/mol. The lowest BCUT2D eigenvalue weighted by Crippen LogP contribution is -2.13. The second-order valence-electron chi connectivity index (χ2n) is 5.56. The number of para-hydroxylation sites is 1. The standard InChI is InChI=1S/C19H18N2O2S/c1-13(2)23-17(22)12-24-19-15-10-6-7-11-16(15)20-18(21-19)14-8-4-3-5-9-14/h3-11,13H,12H2,1-2H3. The molecule has 0 spiro atoms. The summed E-state index contributed by atoms with van der Waals surface area (Å²) in [6.45, 7) is 3.69. The third kappa shape index (κ3) is 3.92. The Morgan fingerprint density at radius 1 is 1.04 bits per heavy atom. The molecule has 0 amide bonds. The van der Waals surface area contributed by atoms with Gasteiger partial charge in [-0.1, -0.05) is 60.3 Å². The van der Waals surface area contributed by atoms with E-state index < -0.39 is 0 Å². The summed E-state index contributed by atoms with van der Waals surface area (Å²) in [7, 11) is 0. The van der Waals surface area contributed by atoms with Crippen LogP contribution in [0.25, 0.3) is 22.3 Å². The van der Waals surface area contributed by atoms with Crippen LogP contribution in [0.15, 0.2) is 59.6 Å². The fourth-order valence-corrected chi connectivity index (χ4v) is 3.10. The largest absolute Gasteiger partial charge is 0.462 e. The second kappa shape index (κ2) is 7.45. The Morgan fingerprint density at radius 3 is 2.50 bits per heavy atom. The minimum absolute atomic E-state index is 0.111. The zero-order chi connectivity index (χ0) is 16.9. The van der Waals surface area contributed by atoms with Crippen LogP contribution in [0.3, 0.4) is 0 Å². The Morgan fingerprint density at radius 2 is 1.75 bits per heavy atom. The summed E-state index contributed by atoms with van der Waals surface area (Å²) in [5.74, 6) is 0.654. The molecule has 122 valence electrons. The van der Waals surface area contributed by atoms with Gasteiger partial charge in [0.1, 0.15) is 5.03 Å². The van der Waals surface area contributed by atoms with Gasteiger partial charge in [0.25, 0.3) is 0 Å². The molecule has 0 saturated carbocycles. The molecule has 1 heterocycles. The Kier molecular flexibility index (Phi) is 5.11. The molecule has 0 fully saturated rings. The van der Waals surface area contributed by atoms with Crippen molar-refractivity contribution in [1.29, 1.82) is 0 Å². The molecule has 3 rings (SSSR count). The fraction of sp³-hybridized carbons (Fsp3) is 0.211. The first-order valence-corrected chi connectivity index (χ1v) is 8.76. The maximum Gasteiger partial charge on any atom is 0.316 e. The van der Waals surface area contributed by atoms with E-state index in [0.717, 1.165) is 21.5 Å². The van der Waals surface area contributed by atoms with Crippen molar-refractivity contribution in [2.45, 2.75) is 25.0 Å². The van der Waals surface area contributed by atoms with Crippen LogP contribution in [-0.4, -0.2) is 27.8 Å². The number of carbonyl (C=O) groups excluding carboxylic acids is 1. The third-order valence-electron chi connectivity index (χ3n) is 3.29. The minimum Gasteiger partial charge on any atom is -0.462 e. The van der Waals surface area contributed by atoms with E-state index in [-0.39, 0.29) is 17.8 Å². The number of rotatable bonds is 5. The van der Waals surface area contributed by atoms with Crippen LogP contribution in [0.4, 0.5) is 0 Å². The van der Waals surface area contributed by atoms with Crippen molar-refractivity contribution in [3.63, 3.8) is 0 Å². The van der Waals surface area contributed by atoms with E-state index in [9.17, 15) is 4.79 Å². The smallest absolute Gasteiger partial charge is 0.316 e. The average molecular weight is 338 g/mol. The Labute approximate surface area is 145 Å². The van der Waals surface area contributed by atoms with Crippen molar-refractivity contribution in [2.75, 3.05) is 5.75 Å². The van der Waals surface area contributed by atoms with Gasteiger partial charge in [-0.05, 0) is 19.9 Å². The summed E-state index contributed by atoms with van der Waals surface area (Å²) in [6, 6.07) is 17.7. The average Bonchev–Trinajstić information content (AvgIpc) is 2.59. The van der Waals surface area contributed by atoms with Gasteiger partial charge in [0.2, 0.25) is 0 Å². The van der Waals surface area contributed by atoms with E-state index in [1.165, 1.54) is 11.8 Å². The van der Waals surface area contributed by atoms with E-state index in [0.29, 0.717) is 5.82 Å². The van der Waals surface area contributed by atoms with Crippen LogP contribution in [0, 0.1) is 0 Å². The molecule has 0 saturated heterocycles. The monoisotopic (exact) mass is 338 g/mol. The number of hydrogen-bond acceptors (Lipinski definition) is 5. The predicted octanol–water partition coefficient (Wildman–Crippen LogP) is 4.34. The van der Waals surface area contributed by atoms with Crippen LogP contribution in [0.2, 0.25) is 0 Å². The number of fused-ring (bicyclic) bond motifs is 1. The molecule has 0 aliphatic heterocycles. The SMILES string of the molecule is CC(C)OC(=O)CSc1nc(-c2ccccc2)nc2ccccc12. The fourth-order valence-electron chi connectivity index (χ4n) is 2.30. The van der Waals surface area contributed by atoms with E-state index in [1.807, 2.05) is 68.4 Å². The van der Waals surface area contributed by atoms with E-state index in [1.54, 1.807) is 0 Å². The molecule has 0 aliphatic carbocycles. The third-order valence-corrected chi connectivity index (χ3v) is 4.26. The van der Waals surface area contributed by atoms with Crippen LogP contribution in [0.1, 0.15) is 13.8 Å². The number of thioether (sulfide) groups is 1. The van der Waals surface area contributed by atoms with Crippen LogP contribution in [-0.2, 0) is 9.53 Å². The number of hydrogen-bond donors (Lipinski definition) is 0. The number of nitrogens with zero attached hydrogens (tertiary/aromatic N) is 2. The minimum atomic E-state index is -0.237. The van der Waals surface area contributed by atoms with Gasteiger partial charge >= 0.3 is 5.97 Å². The van der Waals surface area contributed by atoms with Gasteiger partial charge in [0.15, 0.2) is 5.82 Å². The maximum atomic E-state index is 11.8. The summed E-state index contributed by atoms with van der Waals surface area (Å²) >= 11 is 1.38. The van der Waals surface area contributed by atoms with Crippen molar-refractivity contribution >= 4 is 28.6 Å². The van der Waals surface area contributed by atoms with Crippen molar-refractivity contribution < 1.29 is 9.53 Å². The summed E-state index contributed by atoms with van der Waals surface area (Å²) in [4.78, 5) is 21.1. The summed E-state index contributed by atoms with van der Waals surface area (Å²) in [5.41, 5.74) is 1.82. The van der Waals surface area contributed by atoms with Crippen molar-refractivity contribution in [2.24, 2.45) is 0 Å². The van der Waals surface area contributed by atoms with Gasteiger partial charge < -0.3 is 4.74 Å². The highest BCUT2D eigenvalue weighted by atomic mass is 32.2. The maximum absolute atomic E-state index is 11.8. The summed E-state index contributed by atoms with van der Waals surface area (Å²) in [5, 5.41) is 1.74. The Hall–Kier alpha value is -2.40. The first-order chi connectivity index (χ1) is 11.6. The molecule has 5 heteroatoms. The van der Waals surface area contributed by atoms with Crippen LogP contribution < -0.4 is 0 Å². The summed E-state index contributed by atoms with van der Waals surface area (Å²) in [6.07, 6.45) is -0.111. The number of aromatic nitrogens is 2. The zero-order valence-corrected chi connectivity index (χ0v) is 14.4. The number of carbonyl (C=O) groups is 1. The lowest BCUT2D eigenvalue weighted by Gasteiger charge is -2.10. The molecule has 2 aromatic carbocycles. The first-order valence-electron chi connectivity index (χ1n) is 7.78. The van der Waals surface area contributed by atoms with Gasteiger partial charge in [0, 0.05) is 10.9 Å². The normalized spacial score (nSPS) is 11.0. The predicted molar refractivity (Wildman–Crippen MR) is 96.9 cm³/mol. The zero-order valence-electron chi connectivity index (χ0n) is 13.6. The molecule has 0 unspecified atom stereocenters. The van der Waals surface area contributed by atoms with Crippen molar-refractivity contribution in [3.8, 4) is 11.4 Å².